The second-order valence-electron chi connectivity index (χ2n) is 9.45. The molecule has 0 radical (unpaired) electrons. The maximum absolute atomic E-state index is 11.7. The smallest absolute Gasteiger partial charge is 0.339 e. The molecule has 0 aliphatic heterocycles. The number of allylic oxidation sites excluding steroid dienone is 1. The van der Waals surface area contributed by atoms with Crippen molar-refractivity contribution in [3.63, 3.8) is 0 Å². The molecule has 3 saturated carbocycles. The van der Waals surface area contributed by atoms with E-state index in [2.05, 4.69) is 19.9 Å². The molecule has 25 heavy (non-hydrogen) atoms. The first-order valence-electron chi connectivity index (χ1n) is 10.0. The van der Waals surface area contributed by atoms with Crippen LogP contribution in [0.5, 0.6) is 0 Å². The summed E-state index contributed by atoms with van der Waals surface area (Å²) in [5, 5.41) is 0. The number of halogens is 2. The zero-order chi connectivity index (χ0) is 17.8. The summed E-state index contributed by atoms with van der Waals surface area (Å²) in [5.74, 6) is 2.11. The van der Waals surface area contributed by atoms with E-state index in [-0.39, 0.29) is 6.10 Å². The van der Waals surface area contributed by atoms with Crippen LogP contribution in [0.1, 0.15) is 71.6 Å². The highest BCUT2D eigenvalue weighted by atomic mass is 35.5. The van der Waals surface area contributed by atoms with E-state index in [9.17, 15) is 4.79 Å². The van der Waals surface area contributed by atoms with Gasteiger partial charge in [0.15, 0.2) is 0 Å². The van der Waals surface area contributed by atoms with Gasteiger partial charge in [-0.25, -0.2) is 4.79 Å². The van der Waals surface area contributed by atoms with E-state index in [0.29, 0.717) is 10.8 Å². The summed E-state index contributed by atoms with van der Waals surface area (Å²) in [4.78, 5) is 10.7. The lowest BCUT2D eigenvalue weighted by molar-refractivity contribution is -0.149. The Morgan fingerprint density at radius 3 is 2.72 bits per heavy atom. The molecular formula is C21H30Cl2O2. The van der Waals surface area contributed by atoms with Crippen molar-refractivity contribution in [3.05, 3.63) is 11.6 Å². The maximum atomic E-state index is 11.7. The first-order chi connectivity index (χ1) is 11.8. The summed E-state index contributed by atoms with van der Waals surface area (Å²) in [6.45, 7) is 5.03. The van der Waals surface area contributed by atoms with Crippen molar-refractivity contribution in [1.82, 2.24) is 0 Å². The van der Waals surface area contributed by atoms with Crippen molar-refractivity contribution in [1.29, 1.82) is 0 Å². The van der Waals surface area contributed by atoms with Gasteiger partial charge in [-0.15, -0.1) is 0 Å². The van der Waals surface area contributed by atoms with Gasteiger partial charge < -0.3 is 4.74 Å². The Hall–Kier alpha value is -0.210. The van der Waals surface area contributed by atoms with Crippen LogP contribution in [0.4, 0.5) is 0 Å². The summed E-state index contributed by atoms with van der Waals surface area (Å²) < 4.78 is 5.52. The molecule has 0 heterocycles. The number of esters is 1. The van der Waals surface area contributed by atoms with Gasteiger partial charge in [-0.1, -0.05) is 55.1 Å². The Labute approximate surface area is 161 Å². The van der Waals surface area contributed by atoms with Crippen molar-refractivity contribution in [3.8, 4) is 0 Å². The minimum Gasteiger partial charge on any atom is -0.460 e. The molecule has 2 nitrogen and oxygen atoms in total. The molecule has 0 aromatic heterocycles. The van der Waals surface area contributed by atoms with E-state index in [0.717, 1.165) is 37.0 Å². The average molecular weight is 385 g/mol. The fourth-order valence-corrected chi connectivity index (χ4v) is 7.04. The van der Waals surface area contributed by atoms with Crippen molar-refractivity contribution in [2.75, 3.05) is 0 Å². The first-order valence-corrected chi connectivity index (χ1v) is 10.9. The first kappa shape index (κ1) is 18.2. The van der Waals surface area contributed by atoms with Crippen molar-refractivity contribution in [2.45, 2.75) is 82.6 Å². The molecule has 6 atom stereocenters. The van der Waals surface area contributed by atoms with Crippen molar-refractivity contribution >= 4 is 29.2 Å². The van der Waals surface area contributed by atoms with Gasteiger partial charge in [0.2, 0.25) is 4.84 Å². The molecular weight excluding hydrogens is 355 g/mol. The molecule has 0 saturated heterocycles. The third-order valence-electron chi connectivity index (χ3n) is 8.30. The fourth-order valence-electron chi connectivity index (χ4n) is 6.94. The van der Waals surface area contributed by atoms with E-state index < -0.39 is 10.8 Å². The molecule has 4 rings (SSSR count). The number of carbonyl (C=O) groups excluding carboxylic acids is 1. The highest BCUT2D eigenvalue weighted by molar-refractivity contribution is 6.52. The highest BCUT2D eigenvalue weighted by Gasteiger charge is 2.55. The van der Waals surface area contributed by atoms with Crippen LogP contribution in [0.3, 0.4) is 0 Å². The van der Waals surface area contributed by atoms with E-state index >= 15 is 0 Å². The minimum absolute atomic E-state index is 0.0521. The number of hydrogen-bond donors (Lipinski definition) is 0. The second kappa shape index (κ2) is 6.44. The van der Waals surface area contributed by atoms with Crippen LogP contribution in [-0.4, -0.2) is 16.9 Å². The molecule has 0 spiro atoms. The largest absolute Gasteiger partial charge is 0.460 e. The predicted molar refractivity (Wildman–Crippen MR) is 102 cm³/mol. The summed E-state index contributed by atoms with van der Waals surface area (Å²) in [5.41, 5.74) is 2.43. The molecule has 3 fully saturated rings. The molecule has 0 aromatic rings. The number of rotatable bonds is 2. The maximum Gasteiger partial charge on any atom is 0.339 e. The molecule has 0 amide bonds. The number of carbonyl (C=O) groups is 1. The minimum atomic E-state index is -1.07. The Bertz CT molecular complexity index is 586. The molecule has 140 valence electrons. The topological polar surface area (TPSA) is 26.3 Å². The van der Waals surface area contributed by atoms with E-state index in [1.165, 1.54) is 44.1 Å². The van der Waals surface area contributed by atoms with Crippen LogP contribution in [-0.2, 0) is 9.53 Å². The number of fused-ring (bicyclic) bond motifs is 5. The number of ether oxygens (including phenoxy) is 1. The molecule has 4 aliphatic rings. The third kappa shape index (κ3) is 2.96. The number of alkyl halides is 2. The van der Waals surface area contributed by atoms with Crippen LogP contribution in [0.25, 0.3) is 0 Å². The van der Waals surface area contributed by atoms with Crippen molar-refractivity contribution in [2.24, 2.45) is 28.6 Å². The van der Waals surface area contributed by atoms with Crippen molar-refractivity contribution < 1.29 is 9.53 Å². The Morgan fingerprint density at radius 2 is 1.96 bits per heavy atom. The quantitative estimate of drug-likeness (QED) is 0.328. The monoisotopic (exact) mass is 384 g/mol. The van der Waals surface area contributed by atoms with Gasteiger partial charge in [0.25, 0.3) is 0 Å². The lowest BCUT2D eigenvalue weighted by Crippen LogP contribution is -2.49. The van der Waals surface area contributed by atoms with Crippen LogP contribution < -0.4 is 0 Å². The normalized spacial score (nSPS) is 46.0. The SMILES string of the molecule is C[C@@]12CCC[C@H]1[C@@H]1CC=C3C[C@H](OC(=O)C(Cl)Cl)CC[C@]3(C)[C@H]1CC2. The number of hydrogen-bond acceptors (Lipinski definition) is 2. The van der Waals surface area contributed by atoms with Gasteiger partial charge in [0.05, 0.1) is 0 Å². The fraction of sp³-hybridized carbons (Fsp3) is 0.857. The molecule has 4 heteroatoms. The van der Waals surface area contributed by atoms with Crippen LogP contribution >= 0.6 is 23.2 Å². The lowest BCUT2D eigenvalue weighted by Gasteiger charge is -2.57. The molecule has 0 aromatic carbocycles. The van der Waals surface area contributed by atoms with Gasteiger partial charge >= 0.3 is 5.97 Å². The summed E-state index contributed by atoms with van der Waals surface area (Å²) in [6.07, 6.45) is 13.7. The Morgan fingerprint density at radius 1 is 1.16 bits per heavy atom. The molecule has 4 aliphatic carbocycles. The zero-order valence-corrected chi connectivity index (χ0v) is 16.9. The van der Waals surface area contributed by atoms with Crippen LogP contribution in [0.2, 0.25) is 0 Å². The van der Waals surface area contributed by atoms with Gasteiger partial charge in [0.1, 0.15) is 6.10 Å². The predicted octanol–water partition coefficient (Wildman–Crippen LogP) is 6.05. The molecule has 0 unspecified atom stereocenters. The third-order valence-corrected chi connectivity index (χ3v) is 8.66. The molecule has 0 bridgehead atoms. The van der Waals surface area contributed by atoms with E-state index in [4.69, 9.17) is 27.9 Å². The zero-order valence-electron chi connectivity index (χ0n) is 15.4. The van der Waals surface area contributed by atoms with E-state index in [1.54, 1.807) is 0 Å². The standard InChI is InChI=1S/C21H30Cl2O2/c1-20-9-3-4-16(20)15-6-5-13-12-14(25-19(24)18(22)23)7-11-21(13,2)17(15)8-10-20/h5,14-18H,3-4,6-12H2,1-2H3/t14-,15+,16+,17+,20+,21+/m1/s1. The van der Waals surface area contributed by atoms with Crippen LogP contribution in [0.15, 0.2) is 11.6 Å². The lowest BCUT2D eigenvalue weighted by atomic mass is 9.48. The summed E-state index contributed by atoms with van der Waals surface area (Å²) >= 11 is 11.3. The summed E-state index contributed by atoms with van der Waals surface area (Å²) in [6, 6.07) is 0. The average Bonchev–Trinajstić information content (AvgIpc) is 2.96. The molecule has 0 N–H and O–H groups in total. The van der Waals surface area contributed by atoms with E-state index in [1.807, 2.05) is 0 Å². The van der Waals surface area contributed by atoms with Gasteiger partial charge in [-0.3, -0.25) is 0 Å². The van der Waals surface area contributed by atoms with Gasteiger partial charge in [-0.05, 0) is 73.5 Å². The summed E-state index contributed by atoms with van der Waals surface area (Å²) in [7, 11) is 0. The second-order valence-corrected chi connectivity index (χ2v) is 10.5. The Balaban J connectivity index is 1.52. The Kier molecular flexibility index (Phi) is 4.68. The highest BCUT2D eigenvalue weighted by Crippen LogP contribution is 2.64. The van der Waals surface area contributed by atoms with Gasteiger partial charge in [-0.2, -0.15) is 0 Å². The van der Waals surface area contributed by atoms with Gasteiger partial charge in [0, 0.05) is 6.42 Å². The van der Waals surface area contributed by atoms with Crippen LogP contribution in [0, 0.1) is 28.6 Å².